The summed E-state index contributed by atoms with van der Waals surface area (Å²) in [6.07, 6.45) is 4.54. The van der Waals surface area contributed by atoms with Crippen LogP contribution in [-0.4, -0.2) is 23.7 Å². The fraction of sp³-hybridized carbons (Fsp3) is 0.750. The van der Waals surface area contributed by atoms with Gasteiger partial charge >= 0.3 is 0 Å². The molecule has 0 aromatic rings. The summed E-state index contributed by atoms with van der Waals surface area (Å²) in [7, 11) is 0. The van der Waals surface area contributed by atoms with Crippen molar-refractivity contribution in [1.82, 2.24) is 5.48 Å². The minimum atomic E-state index is -0.153. The Labute approximate surface area is 84.1 Å². The molecule has 0 aromatic heterocycles. The number of hydrogen-bond donors (Lipinski definition) is 4. The van der Waals surface area contributed by atoms with E-state index in [9.17, 15) is 0 Å². The second kappa shape index (κ2) is 8.31. The highest BCUT2D eigenvalue weighted by Gasteiger charge is 1.91. The normalized spacial score (nSPS) is 13.0. The molecule has 0 bridgehead atoms. The van der Waals surface area contributed by atoms with Crippen molar-refractivity contribution in [1.29, 1.82) is 0 Å². The lowest BCUT2D eigenvalue weighted by Gasteiger charge is -1.97. The predicted octanol–water partition coefficient (Wildman–Crippen LogP) is 0.175. The molecule has 0 fully saturated rings. The summed E-state index contributed by atoms with van der Waals surface area (Å²) in [5, 5.41) is 8.31. The van der Waals surface area contributed by atoms with Crippen LogP contribution in [0, 0.1) is 0 Å². The first-order valence-electron chi connectivity index (χ1n) is 4.75. The van der Waals surface area contributed by atoms with Crippen LogP contribution >= 0.6 is 0 Å². The van der Waals surface area contributed by atoms with Crippen LogP contribution < -0.4 is 16.9 Å². The van der Waals surface area contributed by atoms with Gasteiger partial charge in [-0.15, -0.1) is 0 Å². The number of hydroxylamine groups is 1. The molecule has 0 radical (unpaired) electrons. The van der Waals surface area contributed by atoms with Crippen LogP contribution in [0.4, 0.5) is 0 Å². The van der Waals surface area contributed by atoms with Gasteiger partial charge in [-0.2, -0.15) is 4.99 Å². The third-order valence-corrected chi connectivity index (χ3v) is 1.64. The fourth-order valence-corrected chi connectivity index (χ4v) is 0.916. The summed E-state index contributed by atoms with van der Waals surface area (Å²) >= 11 is 0. The number of unbranched alkanes of at least 4 members (excludes halogenated alkanes) is 3. The molecule has 0 saturated heterocycles. The lowest BCUT2D eigenvalue weighted by Crippen LogP contribution is -2.30. The largest absolute Gasteiger partial charge is 0.368 e. The number of nitrogens with two attached hydrogens (primary N) is 2. The smallest absolute Gasteiger partial charge is 0.220 e. The fourth-order valence-electron chi connectivity index (χ4n) is 0.916. The molecule has 14 heavy (non-hydrogen) atoms. The maximum Gasteiger partial charge on any atom is 0.220 e. The van der Waals surface area contributed by atoms with Crippen molar-refractivity contribution < 1.29 is 5.21 Å². The molecule has 82 valence electrons. The average Bonchev–Trinajstić information content (AvgIpc) is 2.17. The Bertz CT molecular complexity index is 202. The van der Waals surface area contributed by atoms with Gasteiger partial charge in [0.25, 0.3) is 0 Å². The molecule has 0 unspecified atom stereocenters. The van der Waals surface area contributed by atoms with Crippen LogP contribution in [0.25, 0.3) is 0 Å². The van der Waals surface area contributed by atoms with Gasteiger partial charge in [0.15, 0.2) is 0 Å². The Morgan fingerprint density at radius 2 is 2.00 bits per heavy atom. The zero-order valence-corrected chi connectivity index (χ0v) is 8.53. The van der Waals surface area contributed by atoms with Crippen LogP contribution in [0.15, 0.2) is 9.98 Å². The molecular weight excluding hydrogens is 182 g/mol. The summed E-state index contributed by atoms with van der Waals surface area (Å²) < 4.78 is 0. The van der Waals surface area contributed by atoms with Gasteiger partial charge < -0.3 is 11.5 Å². The van der Waals surface area contributed by atoms with E-state index in [0.717, 1.165) is 12.8 Å². The van der Waals surface area contributed by atoms with E-state index < -0.39 is 0 Å². The Balaban J connectivity index is 3.66. The van der Waals surface area contributed by atoms with Crippen molar-refractivity contribution in [2.45, 2.75) is 32.6 Å². The summed E-state index contributed by atoms with van der Waals surface area (Å²) in [5.74, 6) is -0.0691. The molecule has 0 amide bonds. The molecule has 0 aliphatic rings. The highest BCUT2D eigenvalue weighted by Crippen LogP contribution is 1.98. The van der Waals surface area contributed by atoms with E-state index in [4.69, 9.17) is 16.7 Å². The second-order valence-corrected chi connectivity index (χ2v) is 2.91. The highest BCUT2D eigenvalue weighted by molar-refractivity contribution is 5.92. The molecule has 6 nitrogen and oxygen atoms in total. The first-order valence-corrected chi connectivity index (χ1v) is 4.75. The quantitative estimate of drug-likeness (QED) is 0.220. The summed E-state index contributed by atoms with van der Waals surface area (Å²) in [6.45, 7) is 2.80. The first-order chi connectivity index (χ1) is 6.70. The second-order valence-electron chi connectivity index (χ2n) is 2.91. The molecule has 0 aromatic carbocycles. The Kier molecular flexibility index (Phi) is 7.53. The Hall–Kier alpha value is -1.30. The van der Waals surface area contributed by atoms with Gasteiger partial charge in [-0.05, 0) is 6.42 Å². The van der Waals surface area contributed by atoms with Crippen LogP contribution in [0.2, 0.25) is 0 Å². The van der Waals surface area contributed by atoms with Gasteiger partial charge in [-0.25, -0.2) is 5.48 Å². The molecule has 6 heteroatoms. The van der Waals surface area contributed by atoms with E-state index in [-0.39, 0.29) is 11.9 Å². The van der Waals surface area contributed by atoms with Crippen molar-refractivity contribution in [2.24, 2.45) is 21.5 Å². The summed E-state index contributed by atoms with van der Waals surface area (Å²) in [6, 6.07) is 0. The first kappa shape index (κ1) is 12.7. The zero-order chi connectivity index (χ0) is 10.8. The van der Waals surface area contributed by atoms with Gasteiger partial charge in [0.2, 0.25) is 11.9 Å². The molecule has 0 aliphatic carbocycles. The molecule has 6 N–H and O–H groups in total. The van der Waals surface area contributed by atoms with E-state index in [1.807, 2.05) is 0 Å². The van der Waals surface area contributed by atoms with Gasteiger partial charge in [0.05, 0.1) is 0 Å². The summed E-state index contributed by atoms with van der Waals surface area (Å²) in [5.41, 5.74) is 12.2. The van der Waals surface area contributed by atoms with E-state index in [1.165, 1.54) is 12.8 Å². The van der Waals surface area contributed by atoms with Crippen LogP contribution in [0.1, 0.15) is 32.6 Å². The lowest BCUT2D eigenvalue weighted by atomic mass is 10.2. The van der Waals surface area contributed by atoms with Crippen LogP contribution in [0.5, 0.6) is 0 Å². The van der Waals surface area contributed by atoms with Crippen LogP contribution in [0.3, 0.4) is 0 Å². The number of hydrogen-bond acceptors (Lipinski definition) is 2. The van der Waals surface area contributed by atoms with E-state index in [1.54, 1.807) is 5.48 Å². The van der Waals surface area contributed by atoms with Crippen LogP contribution in [-0.2, 0) is 0 Å². The third kappa shape index (κ3) is 7.35. The minimum absolute atomic E-state index is 0.0838. The Morgan fingerprint density at radius 3 is 2.57 bits per heavy atom. The number of nitrogens with zero attached hydrogens (tertiary/aromatic N) is 2. The van der Waals surface area contributed by atoms with E-state index in [0.29, 0.717) is 6.54 Å². The SMILES string of the molecule is CCCCCCN=C(N)N=C(N)NO. The van der Waals surface area contributed by atoms with Gasteiger partial charge in [0, 0.05) is 6.54 Å². The molecule has 0 aliphatic heterocycles. The standard InChI is InChI=1S/C8H19N5O/c1-2-3-4-5-6-11-7(9)12-8(10)13-14/h14H,2-6H2,1H3,(H5,9,10,11,12,13). The third-order valence-electron chi connectivity index (χ3n) is 1.64. The summed E-state index contributed by atoms with van der Waals surface area (Å²) in [4.78, 5) is 7.53. The number of nitrogens with one attached hydrogen (secondary N) is 1. The maximum absolute atomic E-state index is 8.31. The average molecular weight is 201 g/mol. The molecular formula is C8H19N5O. The number of rotatable bonds is 5. The van der Waals surface area contributed by atoms with Crippen molar-refractivity contribution in [2.75, 3.05) is 6.54 Å². The van der Waals surface area contributed by atoms with E-state index in [2.05, 4.69) is 16.9 Å². The minimum Gasteiger partial charge on any atom is -0.368 e. The molecule has 0 spiro atoms. The number of aliphatic imine (C=N–C) groups is 2. The van der Waals surface area contributed by atoms with Gasteiger partial charge in [-0.1, -0.05) is 26.2 Å². The van der Waals surface area contributed by atoms with Crippen molar-refractivity contribution in [3.63, 3.8) is 0 Å². The van der Waals surface area contributed by atoms with Crippen molar-refractivity contribution in [3.8, 4) is 0 Å². The van der Waals surface area contributed by atoms with Crippen molar-refractivity contribution in [3.05, 3.63) is 0 Å². The molecule has 0 atom stereocenters. The topological polar surface area (TPSA) is 109 Å². The zero-order valence-electron chi connectivity index (χ0n) is 8.53. The molecule has 0 rings (SSSR count). The highest BCUT2D eigenvalue weighted by atomic mass is 16.5. The number of guanidine groups is 2. The molecule has 0 heterocycles. The van der Waals surface area contributed by atoms with Crippen molar-refractivity contribution >= 4 is 11.9 Å². The monoisotopic (exact) mass is 201 g/mol. The van der Waals surface area contributed by atoms with E-state index >= 15 is 0 Å². The van der Waals surface area contributed by atoms with Gasteiger partial charge in [-0.3, -0.25) is 10.2 Å². The lowest BCUT2D eigenvalue weighted by molar-refractivity contribution is 0.233. The predicted molar refractivity (Wildman–Crippen MR) is 57.2 cm³/mol. The molecule has 0 saturated carbocycles. The van der Waals surface area contributed by atoms with Gasteiger partial charge in [0.1, 0.15) is 0 Å². The Morgan fingerprint density at radius 1 is 1.29 bits per heavy atom. The maximum atomic E-state index is 8.31.